The predicted molar refractivity (Wildman–Crippen MR) is 123 cm³/mol. The molecule has 0 unspecified atom stereocenters. The number of hydrogen-bond acceptors (Lipinski definition) is 3. The van der Waals surface area contributed by atoms with Crippen LogP contribution in [0.5, 0.6) is 5.75 Å². The Morgan fingerprint density at radius 1 is 1.13 bits per heavy atom. The van der Waals surface area contributed by atoms with Gasteiger partial charge in [-0.25, -0.2) is 0 Å². The molecule has 1 amide bonds. The van der Waals surface area contributed by atoms with Gasteiger partial charge in [0.05, 0.1) is 7.11 Å². The van der Waals surface area contributed by atoms with E-state index < -0.39 is 0 Å². The summed E-state index contributed by atoms with van der Waals surface area (Å²) in [5.41, 5.74) is 5.18. The summed E-state index contributed by atoms with van der Waals surface area (Å²) in [5, 5.41) is 12.4. The van der Waals surface area contributed by atoms with Gasteiger partial charge in [-0.05, 0) is 74.2 Å². The van der Waals surface area contributed by atoms with Gasteiger partial charge in [0.2, 0.25) is 0 Å². The van der Waals surface area contributed by atoms with Crippen LogP contribution in [0, 0.1) is 25.2 Å². The first kappa shape index (κ1) is 21.9. The lowest BCUT2D eigenvalue weighted by atomic mass is 10.1. The van der Waals surface area contributed by atoms with Gasteiger partial charge in [-0.1, -0.05) is 30.3 Å². The summed E-state index contributed by atoms with van der Waals surface area (Å²) >= 11 is 0. The Bertz CT molecular complexity index is 1100. The van der Waals surface area contributed by atoms with Crippen molar-refractivity contribution in [3.8, 4) is 17.5 Å². The molecule has 1 aromatic heterocycles. The fourth-order valence-corrected chi connectivity index (χ4v) is 3.60. The average molecular weight is 414 g/mol. The van der Waals surface area contributed by atoms with Crippen LogP contribution < -0.4 is 10.1 Å². The quantitative estimate of drug-likeness (QED) is 0.329. The lowest BCUT2D eigenvalue weighted by Gasteiger charge is -2.10. The number of rotatable bonds is 8. The van der Waals surface area contributed by atoms with Crippen LogP contribution >= 0.6 is 0 Å². The number of aryl methyl sites for hydroxylation is 2. The zero-order valence-electron chi connectivity index (χ0n) is 18.2. The highest BCUT2D eigenvalue weighted by Crippen LogP contribution is 2.24. The van der Waals surface area contributed by atoms with E-state index in [0.717, 1.165) is 41.2 Å². The monoisotopic (exact) mass is 413 g/mol. The maximum atomic E-state index is 12.5. The van der Waals surface area contributed by atoms with Crippen molar-refractivity contribution in [2.75, 3.05) is 13.7 Å². The van der Waals surface area contributed by atoms with E-state index in [1.807, 2.05) is 68.4 Å². The minimum Gasteiger partial charge on any atom is -0.497 e. The minimum atomic E-state index is -0.343. The maximum Gasteiger partial charge on any atom is 0.261 e. The van der Waals surface area contributed by atoms with Crippen LogP contribution in [0.3, 0.4) is 0 Å². The summed E-state index contributed by atoms with van der Waals surface area (Å²) in [7, 11) is 1.64. The molecule has 0 bridgehead atoms. The standard InChI is InChI=1S/C26H27N3O2/c1-19-16-22(20(2)29(19)24-11-13-25(31-3)14-12-24)17-23(18-27)26(30)28-15-7-10-21-8-5-4-6-9-21/h4-6,8-9,11-14,16-17H,7,10,15H2,1-3H3,(H,28,30)/b23-17-. The highest BCUT2D eigenvalue weighted by atomic mass is 16.5. The first-order chi connectivity index (χ1) is 15.0. The van der Waals surface area contributed by atoms with Crippen molar-refractivity contribution in [2.24, 2.45) is 0 Å². The molecule has 3 aromatic rings. The fraction of sp³-hybridized carbons (Fsp3) is 0.231. The molecule has 0 aliphatic heterocycles. The number of aromatic nitrogens is 1. The molecule has 0 radical (unpaired) electrons. The van der Waals surface area contributed by atoms with E-state index in [4.69, 9.17) is 4.74 Å². The molecule has 0 aliphatic rings. The van der Waals surface area contributed by atoms with Crippen molar-refractivity contribution in [3.05, 3.63) is 88.8 Å². The van der Waals surface area contributed by atoms with Gasteiger partial charge in [-0.2, -0.15) is 5.26 Å². The molecule has 5 nitrogen and oxygen atoms in total. The number of hydrogen-bond donors (Lipinski definition) is 1. The summed E-state index contributed by atoms with van der Waals surface area (Å²) in [4.78, 5) is 12.5. The Balaban J connectivity index is 1.70. The minimum absolute atomic E-state index is 0.106. The van der Waals surface area contributed by atoms with Gasteiger partial charge in [0.15, 0.2) is 0 Å². The maximum absolute atomic E-state index is 12.5. The van der Waals surface area contributed by atoms with Gasteiger partial charge in [0, 0.05) is 23.6 Å². The number of nitriles is 1. The summed E-state index contributed by atoms with van der Waals surface area (Å²) in [6.07, 6.45) is 3.37. The molecule has 158 valence electrons. The predicted octanol–water partition coefficient (Wildman–Crippen LogP) is 4.76. The van der Waals surface area contributed by atoms with Gasteiger partial charge in [-0.15, -0.1) is 0 Å². The number of nitrogens with zero attached hydrogens (tertiary/aromatic N) is 2. The lowest BCUT2D eigenvalue weighted by Crippen LogP contribution is -2.25. The van der Waals surface area contributed by atoms with Crippen LogP contribution in [0.2, 0.25) is 0 Å². The molecule has 1 N–H and O–H groups in total. The molecule has 31 heavy (non-hydrogen) atoms. The first-order valence-electron chi connectivity index (χ1n) is 10.3. The number of ether oxygens (including phenoxy) is 1. The van der Waals surface area contributed by atoms with Gasteiger partial charge < -0.3 is 14.6 Å². The highest BCUT2D eigenvalue weighted by molar-refractivity contribution is 6.01. The molecule has 1 heterocycles. The molecule has 5 heteroatoms. The van der Waals surface area contributed by atoms with Crippen LogP contribution in [0.25, 0.3) is 11.8 Å². The number of carbonyl (C=O) groups is 1. The second-order valence-electron chi connectivity index (χ2n) is 7.37. The van der Waals surface area contributed by atoms with Crippen molar-refractivity contribution < 1.29 is 9.53 Å². The Morgan fingerprint density at radius 2 is 1.84 bits per heavy atom. The van der Waals surface area contributed by atoms with Crippen molar-refractivity contribution in [2.45, 2.75) is 26.7 Å². The van der Waals surface area contributed by atoms with E-state index >= 15 is 0 Å². The van der Waals surface area contributed by atoms with Crippen molar-refractivity contribution in [3.63, 3.8) is 0 Å². The third-order valence-electron chi connectivity index (χ3n) is 5.24. The molecule has 2 aromatic carbocycles. The Labute approximate surface area is 183 Å². The molecule has 0 spiro atoms. The average Bonchev–Trinajstić information content (AvgIpc) is 3.08. The second-order valence-corrected chi connectivity index (χ2v) is 7.37. The third-order valence-corrected chi connectivity index (χ3v) is 5.24. The topological polar surface area (TPSA) is 67.0 Å². The highest BCUT2D eigenvalue weighted by Gasteiger charge is 2.13. The van der Waals surface area contributed by atoms with Gasteiger partial charge in [0.25, 0.3) is 5.91 Å². The largest absolute Gasteiger partial charge is 0.497 e. The van der Waals surface area contributed by atoms with E-state index in [0.29, 0.717) is 6.54 Å². The smallest absolute Gasteiger partial charge is 0.261 e. The van der Waals surface area contributed by atoms with E-state index in [9.17, 15) is 10.1 Å². The number of carbonyl (C=O) groups excluding carboxylic acids is 1. The summed E-state index contributed by atoms with van der Waals surface area (Å²) in [5.74, 6) is 0.451. The Kier molecular flexibility index (Phi) is 7.29. The summed E-state index contributed by atoms with van der Waals surface area (Å²) in [6.45, 7) is 4.51. The van der Waals surface area contributed by atoms with Gasteiger partial charge in [-0.3, -0.25) is 4.79 Å². The molecule has 0 aliphatic carbocycles. The van der Waals surface area contributed by atoms with Gasteiger partial charge in [0.1, 0.15) is 17.4 Å². The number of benzene rings is 2. The van der Waals surface area contributed by atoms with Crippen molar-refractivity contribution in [1.82, 2.24) is 9.88 Å². The van der Waals surface area contributed by atoms with Crippen molar-refractivity contribution >= 4 is 12.0 Å². The first-order valence-corrected chi connectivity index (χ1v) is 10.3. The molecule has 3 rings (SSSR count). The van der Waals surface area contributed by atoms with Gasteiger partial charge >= 0.3 is 0 Å². The number of nitrogens with one attached hydrogen (secondary N) is 1. The zero-order chi connectivity index (χ0) is 22.2. The van der Waals surface area contributed by atoms with E-state index in [2.05, 4.69) is 22.0 Å². The van der Waals surface area contributed by atoms with E-state index in [1.165, 1.54) is 5.56 Å². The molecular weight excluding hydrogens is 386 g/mol. The Hall–Kier alpha value is -3.78. The van der Waals surface area contributed by atoms with Crippen LogP contribution in [0.4, 0.5) is 0 Å². The SMILES string of the molecule is COc1ccc(-n2c(C)cc(/C=C(/C#N)C(=O)NCCCc3ccccc3)c2C)cc1. The normalized spacial score (nSPS) is 11.1. The van der Waals surface area contributed by atoms with Crippen LogP contribution in [-0.2, 0) is 11.2 Å². The third kappa shape index (κ3) is 5.43. The van der Waals surface area contributed by atoms with E-state index in [1.54, 1.807) is 13.2 Å². The number of methoxy groups -OCH3 is 1. The van der Waals surface area contributed by atoms with Crippen LogP contribution in [0.1, 0.15) is 28.9 Å². The molecule has 0 saturated heterocycles. The zero-order valence-corrected chi connectivity index (χ0v) is 18.2. The van der Waals surface area contributed by atoms with Crippen molar-refractivity contribution in [1.29, 1.82) is 5.26 Å². The summed E-state index contributed by atoms with van der Waals surface area (Å²) in [6, 6.07) is 22.0. The lowest BCUT2D eigenvalue weighted by molar-refractivity contribution is -0.117. The number of amides is 1. The fourth-order valence-electron chi connectivity index (χ4n) is 3.60. The van der Waals surface area contributed by atoms with E-state index in [-0.39, 0.29) is 11.5 Å². The molecule has 0 fully saturated rings. The molecule has 0 saturated carbocycles. The molecular formula is C26H27N3O2. The summed E-state index contributed by atoms with van der Waals surface area (Å²) < 4.78 is 7.33. The van der Waals surface area contributed by atoms with Crippen LogP contribution in [-0.4, -0.2) is 24.1 Å². The second kappa shape index (κ2) is 10.3. The Morgan fingerprint density at radius 3 is 2.48 bits per heavy atom. The van der Waals surface area contributed by atoms with Crippen LogP contribution in [0.15, 0.2) is 66.2 Å². The molecule has 0 atom stereocenters.